The quantitative estimate of drug-likeness (QED) is 0.863. The van der Waals surface area contributed by atoms with Crippen LogP contribution in [-0.4, -0.2) is 25.2 Å². The van der Waals surface area contributed by atoms with Gasteiger partial charge in [0.2, 0.25) is 0 Å². The maximum Gasteiger partial charge on any atom is 0.199 e. The van der Waals surface area contributed by atoms with Crippen LogP contribution in [0, 0.1) is 0 Å². The molecule has 1 atom stereocenters. The molecule has 1 aromatic heterocycles. The van der Waals surface area contributed by atoms with E-state index >= 15 is 0 Å². The molecule has 4 nitrogen and oxygen atoms in total. The number of ether oxygens (including phenoxy) is 1. The molecule has 0 saturated carbocycles. The summed E-state index contributed by atoms with van der Waals surface area (Å²) in [5.74, 6) is 1.85. The van der Waals surface area contributed by atoms with E-state index < -0.39 is 0 Å². The first-order chi connectivity index (χ1) is 8.24. The Morgan fingerprint density at radius 3 is 3.00 bits per heavy atom. The zero-order valence-electron chi connectivity index (χ0n) is 10.5. The van der Waals surface area contributed by atoms with Crippen LogP contribution in [0.25, 0.3) is 11.1 Å². The van der Waals surface area contributed by atoms with Crippen LogP contribution in [-0.2, 0) is 0 Å². The number of aromatic nitrogens is 1. The maximum absolute atomic E-state index is 5.72. The summed E-state index contributed by atoms with van der Waals surface area (Å²) >= 11 is 0. The standard InChI is InChI=1S/C13H18N2O2/c1-4-14-8-9(2)13-15-11-7-10(16-3)5-6-12(11)17-13/h5-7,9,14H,4,8H2,1-3H3. The summed E-state index contributed by atoms with van der Waals surface area (Å²) in [6, 6.07) is 5.67. The third-order valence-corrected chi connectivity index (χ3v) is 2.73. The van der Waals surface area contributed by atoms with Gasteiger partial charge in [0.25, 0.3) is 0 Å². The molecule has 0 saturated heterocycles. The Morgan fingerprint density at radius 2 is 2.29 bits per heavy atom. The van der Waals surface area contributed by atoms with Crippen LogP contribution in [0.5, 0.6) is 5.75 Å². The molecule has 1 N–H and O–H groups in total. The number of rotatable bonds is 5. The van der Waals surface area contributed by atoms with Gasteiger partial charge in [-0.25, -0.2) is 4.98 Å². The summed E-state index contributed by atoms with van der Waals surface area (Å²) in [7, 11) is 1.65. The second kappa shape index (κ2) is 5.19. The second-order valence-corrected chi connectivity index (χ2v) is 4.09. The van der Waals surface area contributed by atoms with Crippen molar-refractivity contribution < 1.29 is 9.15 Å². The van der Waals surface area contributed by atoms with Gasteiger partial charge in [-0.05, 0) is 18.7 Å². The van der Waals surface area contributed by atoms with Gasteiger partial charge in [0.05, 0.1) is 7.11 Å². The molecule has 0 amide bonds. The molecule has 0 bridgehead atoms. The predicted molar refractivity (Wildman–Crippen MR) is 67.5 cm³/mol. The Balaban J connectivity index is 2.24. The van der Waals surface area contributed by atoms with E-state index in [1.165, 1.54) is 0 Å². The van der Waals surface area contributed by atoms with Crippen LogP contribution in [0.3, 0.4) is 0 Å². The van der Waals surface area contributed by atoms with Crippen molar-refractivity contribution >= 4 is 11.1 Å². The van der Waals surface area contributed by atoms with E-state index in [9.17, 15) is 0 Å². The summed E-state index contributed by atoms with van der Waals surface area (Å²) < 4.78 is 10.9. The highest BCUT2D eigenvalue weighted by Gasteiger charge is 2.13. The summed E-state index contributed by atoms with van der Waals surface area (Å²) in [5.41, 5.74) is 1.66. The van der Waals surface area contributed by atoms with Crippen molar-refractivity contribution in [3.05, 3.63) is 24.1 Å². The van der Waals surface area contributed by atoms with Crippen LogP contribution >= 0.6 is 0 Å². The molecule has 92 valence electrons. The average Bonchev–Trinajstić information content (AvgIpc) is 2.78. The summed E-state index contributed by atoms with van der Waals surface area (Å²) in [6.07, 6.45) is 0. The minimum atomic E-state index is 0.272. The fraction of sp³-hybridized carbons (Fsp3) is 0.462. The number of hydrogen-bond donors (Lipinski definition) is 1. The van der Waals surface area contributed by atoms with E-state index in [1.54, 1.807) is 7.11 Å². The first-order valence-electron chi connectivity index (χ1n) is 5.89. The highest BCUT2D eigenvalue weighted by molar-refractivity contribution is 5.74. The molecule has 0 radical (unpaired) electrons. The van der Waals surface area contributed by atoms with Gasteiger partial charge in [0.1, 0.15) is 11.3 Å². The van der Waals surface area contributed by atoms with E-state index in [0.717, 1.165) is 35.8 Å². The highest BCUT2D eigenvalue weighted by Crippen LogP contribution is 2.24. The molecule has 1 unspecified atom stereocenters. The molecule has 0 spiro atoms. The van der Waals surface area contributed by atoms with Crippen LogP contribution < -0.4 is 10.1 Å². The lowest BCUT2D eigenvalue weighted by Crippen LogP contribution is -2.19. The van der Waals surface area contributed by atoms with Crippen molar-refractivity contribution in [1.29, 1.82) is 0 Å². The number of hydrogen-bond acceptors (Lipinski definition) is 4. The first kappa shape index (κ1) is 11.9. The number of nitrogens with zero attached hydrogens (tertiary/aromatic N) is 1. The minimum absolute atomic E-state index is 0.272. The zero-order chi connectivity index (χ0) is 12.3. The molecule has 0 aliphatic rings. The van der Waals surface area contributed by atoms with E-state index in [0.29, 0.717) is 0 Å². The molecule has 2 rings (SSSR count). The van der Waals surface area contributed by atoms with Gasteiger partial charge in [-0.1, -0.05) is 13.8 Å². The van der Waals surface area contributed by atoms with Crippen LogP contribution in [0.1, 0.15) is 25.7 Å². The fourth-order valence-corrected chi connectivity index (χ4v) is 1.71. The molecule has 1 aromatic carbocycles. The summed E-state index contributed by atoms with van der Waals surface area (Å²) in [4.78, 5) is 4.49. The Bertz CT molecular complexity index is 493. The van der Waals surface area contributed by atoms with Crippen LogP contribution in [0.15, 0.2) is 22.6 Å². The Morgan fingerprint density at radius 1 is 1.47 bits per heavy atom. The maximum atomic E-state index is 5.72. The zero-order valence-corrected chi connectivity index (χ0v) is 10.5. The molecule has 2 aromatic rings. The van der Waals surface area contributed by atoms with Gasteiger partial charge in [0, 0.05) is 18.5 Å². The number of nitrogens with one attached hydrogen (secondary N) is 1. The van der Waals surface area contributed by atoms with E-state index in [2.05, 4.69) is 24.1 Å². The van der Waals surface area contributed by atoms with Gasteiger partial charge in [-0.3, -0.25) is 0 Å². The Labute approximate surface area is 101 Å². The number of oxazole rings is 1. The van der Waals surface area contributed by atoms with E-state index in [4.69, 9.17) is 9.15 Å². The molecular weight excluding hydrogens is 216 g/mol. The van der Waals surface area contributed by atoms with E-state index in [-0.39, 0.29) is 5.92 Å². The third-order valence-electron chi connectivity index (χ3n) is 2.73. The summed E-state index contributed by atoms with van der Waals surface area (Å²) in [6.45, 7) is 6.02. The number of likely N-dealkylation sites (N-methyl/N-ethyl adjacent to an activating group) is 1. The van der Waals surface area contributed by atoms with Crippen LogP contribution in [0.4, 0.5) is 0 Å². The van der Waals surface area contributed by atoms with Gasteiger partial charge >= 0.3 is 0 Å². The second-order valence-electron chi connectivity index (χ2n) is 4.09. The molecule has 0 aliphatic carbocycles. The van der Waals surface area contributed by atoms with Crippen LogP contribution in [0.2, 0.25) is 0 Å². The number of benzene rings is 1. The van der Waals surface area contributed by atoms with Gasteiger partial charge in [-0.15, -0.1) is 0 Å². The third kappa shape index (κ3) is 2.58. The Kier molecular flexibility index (Phi) is 3.64. The highest BCUT2D eigenvalue weighted by atomic mass is 16.5. The smallest absolute Gasteiger partial charge is 0.199 e. The Hall–Kier alpha value is -1.55. The molecular formula is C13H18N2O2. The SMILES string of the molecule is CCNCC(C)c1nc2cc(OC)ccc2o1. The molecule has 1 heterocycles. The van der Waals surface area contributed by atoms with E-state index in [1.807, 2.05) is 18.2 Å². The lowest BCUT2D eigenvalue weighted by molar-refractivity contribution is 0.415. The monoisotopic (exact) mass is 234 g/mol. The average molecular weight is 234 g/mol. The van der Waals surface area contributed by atoms with Gasteiger partial charge in [-0.2, -0.15) is 0 Å². The molecule has 0 aliphatic heterocycles. The molecule has 17 heavy (non-hydrogen) atoms. The van der Waals surface area contributed by atoms with Crippen molar-refractivity contribution in [2.24, 2.45) is 0 Å². The molecule has 4 heteroatoms. The predicted octanol–water partition coefficient (Wildman–Crippen LogP) is 2.55. The number of fused-ring (bicyclic) bond motifs is 1. The largest absolute Gasteiger partial charge is 0.497 e. The molecule has 0 fully saturated rings. The normalized spacial score (nSPS) is 12.9. The van der Waals surface area contributed by atoms with Crippen molar-refractivity contribution in [2.75, 3.05) is 20.2 Å². The van der Waals surface area contributed by atoms with Crippen molar-refractivity contribution in [2.45, 2.75) is 19.8 Å². The lowest BCUT2D eigenvalue weighted by Gasteiger charge is -2.06. The first-order valence-corrected chi connectivity index (χ1v) is 5.89. The van der Waals surface area contributed by atoms with Gasteiger partial charge in [0.15, 0.2) is 11.5 Å². The summed E-state index contributed by atoms with van der Waals surface area (Å²) in [5, 5.41) is 3.29. The fourth-order valence-electron chi connectivity index (χ4n) is 1.71. The van der Waals surface area contributed by atoms with Crippen molar-refractivity contribution in [3.63, 3.8) is 0 Å². The van der Waals surface area contributed by atoms with Gasteiger partial charge < -0.3 is 14.5 Å². The topological polar surface area (TPSA) is 47.3 Å². The number of methoxy groups -OCH3 is 1. The minimum Gasteiger partial charge on any atom is -0.497 e. The van der Waals surface area contributed by atoms with Crippen molar-refractivity contribution in [3.8, 4) is 5.75 Å². The van der Waals surface area contributed by atoms with Crippen molar-refractivity contribution in [1.82, 2.24) is 10.3 Å². The lowest BCUT2D eigenvalue weighted by atomic mass is 10.2.